The minimum Gasteiger partial charge on any atom is -0.461 e. The molecule has 5 heteroatoms. The Balaban J connectivity index is 1.90. The van der Waals surface area contributed by atoms with Gasteiger partial charge < -0.3 is 9.47 Å². The monoisotopic (exact) mass is 268 g/mol. The highest BCUT2D eigenvalue weighted by Crippen LogP contribution is 2.24. The highest BCUT2D eigenvalue weighted by atomic mass is 35.5. The SMILES string of the molecule is O=C(Cl)[C@H]1COC[C@H]1C(=O)OCc1ccccc1. The minimum atomic E-state index is -0.588. The summed E-state index contributed by atoms with van der Waals surface area (Å²) in [5.74, 6) is -1.61. The summed E-state index contributed by atoms with van der Waals surface area (Å²) < 4.78 is 10.3. The quantitative estimate of drug-likeness (QED) is 0.617. The maximum atomic E-state index is 11.8. The van der Waals surface area contributed by atoms with Gasteiger partial charge in [0.05, 0.1) is 25.0 Å². The fourth-order valence-corrected chi connectivity index (χ4v) is 2.06. The molecule has 96 valence electrons. The predicted molar refractivity (Wildman–Crippen MR) is 64.9 cm³/mol. The molecule has 0 aromatic heterocycles. The van der Waals surface area contributed by atoms with E-state index in [0.29, 0.717) is 0 Å². The molecule has 0 radical (unpaired) electrons. The molecule has 0 amide bonds. The van der Waals surface area contributed by atoms with Gasteiger partial charge in [0.25, 0.3) is 0 Å². The summed E-state index contributed by atoms with van der Waals surface area (Å²) in [6.07, 6.45) is 0. The molecule has 1 aliphatic rings. The molecule has 2 atom stereocenters. The molecule has 0 spiro atoms. The third-order valence-electron chi connectivity index (χ3n) is 2.90. The molecule has 0 aliphatic carbocycles. The number of hydrogen-bond donors (Lipinski definition) is 0. The summed E-state index contributed by atoms with van der Waals surface area (Å²) in [5.41, 5.74) is 0.901. The summed E-state index contributed by atoms with van der Waals surface area (Å²) in [6, 6.07) is 9.35. The van der Waals surface area contributed by atoms with Gasteiger partial charge in [-0.3, -0.25) is 9.59 Å². The van der Waals surface area contributed by atoms with Crippen LogP contribution in [0.4, 0.5) is 0 Å². The Bertz CT molecular complexity index is 432. The van der Waals surface area contributed by atoms with Crippen LogP contribution in [0, 0.1) is 11.8 Å². The van der Waals surface area contributed by atoms with Crippen molar-refractivity contribution in [2.45, 2.75) is 6.61 Å². The fourth-order valence-electron chi connectivity index (χ4n) is 1.85. The van der Waals surface area contributed by atoms with Crippen molar-refractivity contribution in [2.24, 2.45) is 11.8 Å². The van der Waals surface area contributed by atoms with Gasteiger partial charge in [0, 0.05) is 0 Å². The lowest BCUT2D eigenvalue weighted by molar-refractivity contribution is -0.152. The molecule has 0 bridgehead atoms. The van der Waals surface area contributed by atoms with Gasteiger partial charge in [0.2, 0.25) is 5.24 Å². The van der Waals surface area contributed by atoms with Crippen molar-refractivity contribution >= 4 is 22.8 Å². The maximum absolute atomic E-state index is 11.8. The smallest absolute Gasteiger partial charge is 0.312 e. The lowest BCUT2D eigenvalue weighted by atomic mass is 9.98. The van der Waals surface area contributed by atoms with E-state index in [2.05, 4.69) is 0 Å². The van der Waals surface area contributed by atoms with Gasteiger partial charge >= 0.3 is 5.97 Å². The van der Waals surface area contributed by atoms with Gasteiger partial charge in [0.1, 0.15) is 6.61 Å². The second-order valence-corrected chi connectivity index (χ2v) is 4.52. The zero-order chi connectivity index (χ0) is 13.0. The van der Waals surface area contributed by atoms with Crippen LogP contribution in [0.3, 0.4) is 0 Å². The standard InChI is InChI=1S/C13H13ClO4/c14-12(15)10-7-17-8-11(10)13(16)18-6-9-4-2-1-3-5-9/h1-5,10-11H,6-8H2/t10-,11+/m0/s1. The largest absolute Gasteiger partial charge is 0.461 e. The van der Waals surface area contributed by atoms with Crippen LogP contribution < -0.4 is 0 Å². The molecule has 1 aliphatic heterocycles. The Morgan fingerprint density at radius 3 is 2.56 bits per heavy atom. The van der Waals surface area contributed by atoms with E-state index in [0.717, 1.165) is 5.56 Å². The normalized spacial score (nSPS) is 22.7. The molecule has 1 fully saturated rings. The Hall–Kier alpha value is -1.39. The molecule has 1 heterocycles. The van der Waals surface area contributed by atoms with Crippen LogP contribution in [0.1, 0.15) is 5.56 Å². The number of rotatable bonds is 4. The Kier molecular flexibility index (Phi) is 4.33. The van der Waals surface area contributed by atoms with Crippen LogP contribution in [0.2, 0.25) is 0 Å². The van der Waals surface area contributed by atoms with Crippen molar-refractivity contribution in [2.75, 3.05) is 13.2 Å². The van der Waals surface area contributed by atoms with Crippen LogP contribution in [-0.4, -0.2) is 24.4 Å². The third-order valence-corrected chi connectivity index (χ3v) is 3.18. The van der Waals surface area contributed by atoms with Crippen molar-refractivity contribution in [1.29, 1.82) is 0 Å². The molecular formula is C13H13ClO4. The zero-order valence-electron chi connectivity index (χ0n) is 9.67. The number of carbonyl (C=O) groups is 2. The van der Waals surface area contributed by atoms with Crippen molar-refractivity contribution in [1.82, 2.24) is 0 Å². The first-order valence-electron chi connectivity index (χ1n) is 5.66. The van der Waals surface area contributed by atoms with Gasteiger partial charge in [-0.05, 0) is 17.2 Å². The number of esters is 1. The molecule has 0 N–H and O–H groups in total. The van der Waals surface area contributed by atoms with E-state index in [1.165, 1.54) is 0 Å². The molecule has 1 saturated heterocycles. The molecule has 1 aromatic rings. The Morgan fingerprint density at radius 1 is 1.22 bits per heavy atom. The lowest BCUT2D eigenvalue weighted by Crippen LogP contribution is -2.28. The summed E-state index contributed by atoms with van der Waals surface area (Å²) in [7, 11) is 0. The average molecular weight is 269 g/mol. The Morgan fingerprint density at radius 2 is 1.89 bits per heavy atom. The molecule has 0 unspecified atom stereocenters. The van der Waals surface area contributed by atoms with Crippen LogP contribution in [0.15, 0.2) is 30.3 Å². The second kappa shape index (κ2) is 5.98. The number of hydrogen-bond acceptors (Lipinski definition) is 4. The highest BCUT2D eigenvalue weighted by Gasteiger charge is 2.39. The summed E-state index contributed by atoms with van der Waals surface area (Å²) in [4.78, 5) is 22.9. The third kappa shape index (κ3) is 3.09. The average Bonchev–Trinajstić information content (AvgIpc) is 2.86. The van der Waals surface area contributed by atoms with Crippen LogP contribution >= 0.6 is 11.6 Å². The predicted octanol–water partition coefficient (Wildman–Crippen LogP) is 1.76. The van der Waals surface area contributed by atoms with Gasteiger partial charge in [-0.1, -0.05) is 30.3 Å². The maximum Gasteiger partial charge on any atom is 0.312 e. The number of halogens is 1. The van der Waals surface area contributed by atoms with Crippen LogP contribution in [-0.2, 0) is 25.7 Å². The van der Waals surface area contributed by atoms with Crippen molar-refractivity contribution in [3.8, 4) is 0 Å². The van der Waals surface area contributed by atoms with Gasteiger partial charge in [0.15, 0.2) is 0 Å². The second-order valence-electron chi connectivity index (χ2n) is 4.15. The Labute approximate surface area is 110 Å². The van der Waals surface area contributed by atoms with E-state index in [1.807, 2.05) is 30.3 Å². The summed E-state index contributed by atoms with van der Waals surface area (Å²) in [6.45, 7) is 0.573. The molecule has 0 saturated carbocycles. The van der Waals surface area contributed by atoms with Crippen LogP contribution in [0.5, 0.6) is 0 Å². The molecule has 1 aromatic carbocycles. The first-order chi connectivity index (χ1) is 8.68. The zero-order valence-corrected chi connectivity index (χ0v) is 10.4. The molecule has 2 rings (SSSR count). The minimum absolute atomic E-state index is 0.188. The van der Waals surface area contributed by atoms with E-state index in [9.17, 15) is 9.59 Å². The van der Waals surface area contributed by atoms with E-state index in [4.69, 9.17) is 21.1 Å². The van der Waals surface area contributed by atoms with E-state index >= 15 is 0 Å². The van der Waals surface area contributed by atoms with E-state index in [-0.39, 0.29) is 19.8 Å². The van der Waals surface area contributed by atoms with E-state index in [1.54, 1.807) is 0 Å². The van der Waals surface area contributed by atoms with Crippen molar-refractivity contribution < 1.29 is 19.1 Å². The molecule has 4 nitrogen and oxygen atoms in total. The lowest BCUT2D eigenvalue weighted by Gasteiger charge is -2.13. The number of benzene rings is 1. The number of carbonyl (C=O) groups excluding carboxylic acids is 2. The topological polar surface area (TPSA) is 52.6 Å². The van der Waals surface area contributed by atoms with E-state index < -0.39 is 23.0 Å². The fraction of sp³-hybridized carbons (Fsp3) is 0.385. The van der Waals surface area contributed by atoms with Crippen molar-refractivity contribution in [3.05, 3.63) is 35.9 Å². The number of ether oxygens (including phenoxy) is 2. The van der Waals surface area contributed by atoms with Crippen LogP contribution in [0.25, 0.3) is 0 Å². The molecular weight excluding hydrogens is 256 g/mol. The summed E-state index contributed by atoms with van der Waals surface area (Å²) >= 11 is 5.41. The first-order valence-corrected chi connectivity index (χ1v) is 6.04. The van der Waals surface area contributed by atoms with Gasteiger partial charge in [-0.25, -0.2) is 0 Å². The molecule has 18 heavy (non-hydrogen) atoms. The van der Waals surface area contributed by atoms with Gasteiger partial charge in [-0.2, -0.15) is 0 Å². The van der Waals surface area contributed by atoms with Crippen molar-refractivity contribution in [3.63, 3.8) is 0 Å². The van der Waals surface area contributed by atoms with Gasteiger partial charge in [-0.15, -0.1) is 0 Å². The summed E-state index contributed by atoms with van der Waals surface area (Å²) in [5, 5.41) is -0.547. The first kappa shape index (κ1) is 13.1. The highest BCUT2D eigenvalue weighted by molar-refractivity contribution is 6.64.